The van der Waals surface area contributed by atoms with E-state index in [0.29, 0.717) is 6.54 Å². The molecule has 2 heterocycles. The van der Waals surface area contributed by atoms with E-state index in [1.54, 1.807) is 12.4 Å². The largest absolute Gasteiger partial charge is 0.381 e. The Bertz CT molecular complexity index is 616. The van der Waals surface area contributed by atoms with Crippen LogP contribution in [0.4, 0.5) is 5.82 Å². The molecule has 18 heavy (non-hydrogen) atoms. The number of nitrogens with zero attached hydrogens (tertiary/aromatic N) is 3. The van der Waals surface area contributed by atoms with Crippen molar-refractivity contribution in [3.8, 4) is 0 Å². The van der Waals surface area contributed by atoms with Crippen molar-refractivity contribution in [3.05, 3.63) is 24.2 Å². The highest BCUT2D eigenvalue weighted by molar-refractivity contribution is 7.89. The van der Waals surface area contributed by atoms with Gasteiger partial charge in [0.05, 0.1) is 6.20 Å². The first-order valence-corrected chi connectivity index (χ1v) is 6.81. The van der Waals surface area contributed by atoms with Gasteiger partial charge in [-0.25, -0.2) is 13.1 Å². The Morgan fingerprint density at radius 3 is 2.89 bits per heavy atom. The molecular formula is C9H14N6O2S. The van der Waals surface area contributed by atoms with Crippen LogP contribution in [0.3, 0.4) is 0 Å². The van der Waals surface area contributed by atoms with Gasteiger partial charge < -0.3 is 5.73 Å². The summed E-state index contributed by atoms with van der Waals surface area (Å²) in [5.74, 6) is -0.00320. The molecule has 0 aromatic carbocycles. The molecule has 2 aromatic rings. The van der Waals surface area contributed by atoms with Crippen LogP contribution in [-0.4, -0.2) is 28.4 Å². The molecule has 0 amide bonds. The molecule has 0 aliphatic heterocycles. The number of sulfonamides is 1. The molecule has 0 atom stereocenters. The van der Waals surface area contributed by atoms with Crippen LogP contribution in [0, 0.1) is 0 Å². The van der Waals surface area contributed by atoms with E-state index in [1.165, 1.54) is 10.9 Å². The molecule has 0 unspecified atom stereocenters. The summed E-state index contributed by atoms with van der Waals surface area (Å²) in [7, 11) is -3.66. The third-order valence-corrected chi connectivity index (χ3v) is 3.81. The van der Waals surface area contributed by atoms with Crippen molar-refractivity contribution in [1.29, 1.82) is 0 Å². The maximum atomic E-state index is 12.0. The summed E-state index contributed by atoms with van der Waals surface area (Å²) in [5.41, 5.74) is 6.32. The van der Waals surface area contributed by atoms with Gasteiger partial charge in [0.2, 0.25) is 10.0 Å². The van der Waals surface area contributed by atoms with E-state index in [9.17, 15) is 8.42 Å². The van der Waals surface area contributed by atoms with E-state index in [1.807, 2.05) is 6.92 Å². The van der Waals surface area contributed by atoms with E-state index >= 15 is 0 Å². The Hall–Kier alpha value is -1.87. The molecule has 8 nitrogen and oxygen atoms in total. The van der Waals surface area contributed by atoms with Gasteiger partial charge >= 0.3 is 0 Å². The van der Waals surface area contributed by atoms with E-state index in [2.05, 4.69) is 20.0 Å². The Labute approximate surface area is 104 Å². The molecule has 0 bridgehead atoms. The first kappa shape index (κ1) is 12.6. The number of nitrogens with two attached hydrogens (primary N) is 1. The fourth-order valence-electron chi connectivity index (χ4n) is 1.42. The fraction of sp³-hybridized carbons (Fsp3) is 0.333. The number of hydrogen-bond donors (Lipinski definition) is 3. The summed E-state index contributed by atoms with van der Waals surface area (Å²) in [5, 5.41) is 10.2. The van der Waals surface area contributed by atoms with Crippen LogP contribution in [0.15, 0.2) is 23.5 Å². The Kier molecular flexibility index (Phi) is 3.34. The van der Waals surface area contributed by atoms with Crippen molar-refractivity contribution in [2.75, 3.05) is 5.73 Å². The molecule has 98 valence electrons. The zero-order valence-electron chi connectivity index (χ0n) is 9.79. The summed E-state index contributed by atoms with van der Waals surface area (Å²) in [4.78, 5) is -0.00663. The molecule has 0 aliphatic rings. The number of H-pyrrole nitrogens is 1. The second-order valence-corrected chi connectivity index (χ2v) is 5.40. The molecule has 2 rings (SSSR count). The summed E-state index contributed by atoms with van der Waals surface area (Å²) in [6, 6.07) is 0. The van der Waals surface area contributed by atoms with Crippen LogP contribution < -0.4 is 10.5 Å². The van der Waals surface area contributed by atoms with Gasteiger partial charge in [0.25, 0.3) is 0 Å². The summed E-state index contributed by atoms with van der Waals surface area (Å²) in [6.07, 6.45) is 4.57. The number of aromatic nitrogens is 4. The molecular weight excluding hydrogens is 256 g/mol. The first-order chi connectivity index (χ1) is 8.53. The molecule has 2 aromatic heterocycles. The molecule has 0 spiro atoms. The number of aryl methyl sites for hydroxylation is 1. The van der Waals surface area contributed by atoms with Crippen molar-refractivity contribution in [2.24, 2.45) is 0 Å². The van der Waals surface area contributed by atoms with E-state index in [4.69, 9.17) is 5.73 Å². The maximum Gasteiger partial charge on any atom is 0.246 e. The van der Waals surface area contributed by atoms with Gasteiger partial charge in [0.15, 0.2) is 5.82 Å². The van der Waals surface area contributed by atoms with Gasteiger partial charge in [-0.1, -0.05) is 0 Å². The quantitative estimate of drug-likeness (QED) is 0.688. The van der Waals surface area contributed by atoms with Crippen molar-refractivity contribution in [2.45, 2.75) is 24.9 Å². The number of nitrogen functional groups attached to an aromatic ring is 1. The van der Waals surface area contributed by atoms with E-state index in [0.717, 1.165) is 5.56 Å². The summed E-state index contributed by atoms with van der Waals surface area (Å²) < 4.78 is 27.9. The molecule has 0 radical (unpaired) electrons. The summed E-state index contributed by atoms with van der Waals surface area (Å²) >= 11 is 0. The van der Waals surface area contributed by atoms with Crippen LogP contribution in [0.1, 0.15) is 12.5 Å². The van der Waals surface area contributed by atoms with Gasteiger partial charge in [0.1, 0.15) is 4.90 Å². The third-order valence-electron chi connectivity index (χ3n) is 2.39. The number of aromatic amines is 1. The lowest BCUT2D eigenvalue weighted by molar-refractivity contribution is 0.581. The number of nitrogens with one attached hydrogen (secondary N) is 2. The van der Waals surface area contributed by atoms with Gasteiger partial charge in [0, 0.05) is 31.0 Å². The monoisotopic (exact) mass is 270 g/mol. The average molecular weight is 270 g/mol. The highest BCUT2D eigenvalue weighted by atomic mass is 32.2. The molecule has 0 fully saturated rings. The molecule has 4 N–H and O–H groups in total. The Morgan fingerprint density at radius 1 is 1.56 bits per heavy atom. The van der Waals surface area contributed by atoms with Crippen LogP contribution >= 0.6 is 0 Å². The molecule has 9 heteroatoms. The highest BCUT2D eigenvalue weighted by Gasteiger charge is 2.20. The SMILES string of the molecule is CCn1cc(S(=O)(=O)NCc2cn[nH]c2)c(N)n1. The lowest BCUT2D eigenvalue weighted by Gasteiger charge is -2.03. The minimum absolute atomic E-state index is 0.00320. The average Bonchev–Trinajstić information content (AvgIpc) is 2.95. The Morgan fingerprint density at radius 2 is 2.33 bits per heavy atom. The first-order valence-electron chi connectivity index (χ1n) is 5.33. The van der Waals surface area contributed by atoms with Crippen LogP contribution in [0.2, 0.25) is 0 Å². The van der Waals surface area contributed by atoms with Crippen molar-refractivity contribution in [1.82, 2.24) is 24.7 Å². The van der Waals surface area contributed by atoms with Crippen LogP contribution in [0.5, 0.6) is 0 Å². The normalized spacial score (nSPS) is 11.8. The molecule has 0 aliphatic carbocycles. The van der Waals surface area contributed by atoms with E-state index < -0.39 is 10.0 Å². The van der Waals surface area contributed by atoms with Gasteiger partial charge in [-0.05, 0) is 6.92 Å². The van der Waals surface area contributed by atoms with Crippen LogP contribution in [-0.2, 0) is 23.1 Å². The zero-order valence-corrected chi connectivity index (χ0v) is 10.6. The van der Waals surface area contributed by atoms with Crippen molar-refractivity contribution >= 4 is 15.8 Å². The standard InChI is InChI=1S/C9H14N6O2S/c1-2-15-6-8(9(10)14-15)18(16,17)13-5-7-3-11-12-4-7/h3-4,6,13H,2,5H2,1H3,(H2,10,14)(H,11,12). The summed E-state index contributed by atoms with van der Waals surface area (Å²) in [6.45, 7) is 2.55. The van der Waals surface area contributed by atoms with Crippen LogP contribution in [0.25, 0.3) is 0 Å². The minimum atomic E-state index is -3.66. The lowest BCUT2D eigenvalue weighted by atomic mass is 10.4. The third kappa shape index (κ3) is 2.51. The van der Waals surface area contributed by atoms with Gasteiger partial charge in [-0.15, -0.1) is 0 Å². The number of hydrogen-bond acceptors (Lipinski definition) is 5. The van der Waals surface area contributed by atoms with E-state index in [-0.39, 0.29) is 17.3 Å². The Balaban J connectivity index is 2.17. The topological polar surface area (TPSA) is 119 Å². The molecule has 0 saturated carbocycles. The van der Waals surface area contributed by atoms with Crippen molar-refractivity contribution < 1.29 is 8.42 Å². The predicted octanol–water partition coefficient (Wildman–Crippen LogP) is -0.313. The van der Waals surface area contributed by atoms with Gasteiger partial charge in [-0.2, -0.15) is 10.2 Å². The lowest BCUT2D eigenvalue weighted by Crippen LogP contribution is -2.23. The highest BCUT2D eigenvalue weighted by Crippen LogP contribution is 2.16. The second kappa shape index (κ2) is 4.78. The number of anilines is 1. The zero-order chi connectivity index (χ0) is 13.2. The number of rotatable bonds is 5. The smallest absolute Gasteiger partial charge is 0.246 e. The minimum Gasteiger partial charge on any atom is -0.381 e. The molecule has 0 saturated heterocycles. The second-order valence-electron chi connectivity index (χ2n) is 3.67. The van der Waals surface area contributed by atoms with Gasteiger partial charge in [-0.3, -0.25) is 9.78 Å². The van der Waals surface area contributed by atoms with Crippen molar-refractivity contribution in [3.63, 3.8) is 0 Å². The predicted molar refractivity (Wildman–Crippen MR) is 64.9 cm³/mol. The maximum absolute atomic E-state index is 12.0. The fourth-order valence-corrected chi connectivity index (χ4v) is 2.51.